The van der Waals surface area contributed by atoms with E-state index in [1.807, 2.05) is 4.90 Å². The van der Waals surface area contributed by atoms with Crippen molar-refractivity contribution in [3.05, 3.63) is 0 Å². The molecule has 2 fully saturated rings. The van der Waals surface area contributed by atoms with E-state index in [2.05, 4.69) is 5.32 Å². The van der Waals surface area contributed by atoms with E-state index in [4.69, 9.17) is 0 Å². The summed E-state index contributed by atoms with van der Waals surface area (Å²) < 4.78 is 0. The molecule has 2 aliphatic rings. The van der Waals surface area contributed by atoms with Crippen molar-refractivity contribution in [1.82, 2.24) is 10.2 Å². The summed E-state index contributed by atoms with van der Waals surface area (Å²) in [7, 11) is 0. The first-order valence-electron chi connectivity index (χ1n) is 8.29. The lowest BCUT2D eigenvalue weighted by Gasteiger charge is -2.26. The molecule has 1 aliphatic heterocycles. The minimum absolute atomic E-state index is 0.124. The van der Waals surface area contributed by atoms with Crippen molar-refractivity contribution in [1.29, 1.82) is 0 Å². The van der Waals surface area contributed by atoms with Crippen LogP contribution < -0.4 is 5.32 Å². The highest BCUT2D eigenvalue weighted by Gasteiger charge is 2.28. The molecule has 0 unspecified atom stereocenters. The summed E-state index contributed by atoms with van der Waals surface area (Å²) in [5.74, 6) is 0.643. The van der Waals surface area contributed by atoms with Gasteiger partial charge in [0.05, 0.1) is 12.1 Å². The van der Waals surface area contributed by atoms with Crippen LogP contribution in [-0.2, 0) is 9.59 Å². The molecule has 2 rings (SSSR count). The Hall–Kier alpha value is -1.10. The maximum atomic E-state index is 12.4. The molecule has 120 valence electrons. The van der Waals surface area contributed by atoms with Crippen LogP contribution in [0.15, 0.2) is 0 Å². The second kappa shape index (κ2) is 7.78. The van der Waals surface area contributed by atoms with Gasteiger partial charge in [0.2, 0.25) is 11.8 Å². The van der Waals surface area contributed by atoms with Crippen LogP contribution in [0.5, 0.6) is 0 Å². The van der Waals surface area contributed by atoms with E-state index in [9.17, 15) is 14.7 Å². The first-order valence-corrected chi connectivity index (χ1v) is 8.29. The summed E-state index contributed by atoms with van der Waals surface area (Å²) in [5.41, 5.74) is 0. The van der Waals surface area contributed by atoms with Gasteiger partial charge in [0.15, 0.2) is 0 Å². The van der Waals surface area contributed by atoms with Gasteiger partial charge in [-0.25, -0.2) is 0 Å². The number of carbonyl (C=O) groups is 2. The number of aliphatic hydroxyl groups excluding tert-OH is 1. The maximum Gasteiger partial charge on any atom is 0.222 e. The second-order valence-corrected chi connectivity index (χ2v) is 6.54. The van der Waals surface area contributed by atoms with Crippen LogP contribution in [0.3, 0.4) is 0 Å². The van der Waals surface area contributed by atoms with Gasteiger partial charge >= 0.3 is 0 Å². The number of nitrogens with one attached hydrogen (secondary N) is 1. The Labute approximate surface area is 127 Å². The van der Waals surface area contributed by atoms with Crippen molar-refractivity contribution in [3.63, 3.8) is 0 Å². The molecular formula is C16H28N2O3. The zero-order chi connectivity index (χ0) is 15.2. The van der Waals surface area contributed by atoms with Crippen LogP contribution in [0.4, 0.5) is 0 Å². The molecule has 0 aromatic heterocycles. The molecule has 1 saturated carbocycles. The van der Waals surface area contributed by atoms with Gasteiger partial charge in [-0.1, -0.05) is 19.3 Å². The second-order valence-electron chi connectivity index (χ2n) is 6.54. The Morgan fingerprint density at radius 1 is 1.10 bits per heavy atom. The van der Waals surface area contributed by atoms with Gasteiger partial charge < -0.3 is 15.3 Å². The highest BCUT2D eigenvalue weighted by atomic mass is 16.3. The average molecular weight is 296 g/mol. The smallest absolute Gasteiger partial charge is 0.222 e. The van der Waals surface area contributed by atoms with Crippen molar-refractivity contribution in [2.24, 2.45) is 5.92 Å². The maximum absolute atomic E-state index is 12.4. The van der Waals surface area contributed by atoms with Crippen LogP contribution in [0.1, 0.15) is 58.3 Å². The molecule has 5 heteroatoms. The van der Waals surface area contributed by atoms with Crippen molar-refractivity contribution in [3.8, 4) is 0 Å². The Morgan fingerprint density at radius 3 is 2.43 bits per heavy atom. The van der Waals surface area contributed by atoms with Gasteiger partial charge in [-0.2, -0.15) is 0 Å². The van der Waals surface area contributed by atoms with Crippen LogP contribution in [0.25, 0.3) is 0 Å². The van der Waals surface area contributed by atoms with Gasteiger partial charge in [0.25, 0.3) is 0 Å². The SMILES string of the molecule is CC(=O)N[C@H]1CCN(C(=O)CC2CCCCC2)CC[C@@H]1O. The third-order valence-electron chi connectivity index (χ3n) is 4.80. The number of hydrogen-bond acceptors (Lipinski definition) is 3. The monoisotopic (exact) mass is 296 g/mol. The third-order valence-corrected chi connectivity index (χ3v) is 4.80. The topological polar surface area (TPSA) is 69.6 Å². The number of carbonyl (C=O) groups excluding carboxylic acids is 2. The number of amides is 2. The van der Waals surface area contributed by atoms with E-state index >= 15 is 0 Å². The standard InChI is InChI=1S/C16H28N2O3/c1-12(19)17-14-7-9-18(10-8-15(14)20)16(21)11-13-5-3-2-4-6-13/h13-15,20H,2-11H2,1H3,(H,17,19)/t14-,15-/m0/s1. The number of rotatable bonds is 3. The molecule has 0 radical (unpaired) electrons. The largest absolute Gasteiger partial charge is 0.391 e. The third kappa shape index (κ3) is 4.99. The summed E-state index contributed by atoms with van der Waals surface area (Å²) >= 11 is 0. The van der Waals surface area contributed by atoms with E-state index in [-0.39, 0.29) is 17.9 Å². The van der Waals surface area contributed by atoms with Gasteiger partial charge in [-0.15, -0.1) is 0 Å². The minimum atomic E-state index is -0.554. The molecule has 5 nitrogen and oxygen atoms in total. The zero-order valence-electron chi connectivity index (χ0n) is 13.0. The summed E-state index contributed by atoms with van der Waals surface area (Å²) in [6.45, 7) is 2.69. The van der Waals surface area contributed by atoms with Gasteiger partial charge in [0.1, 0.15) is 0 Å². The lowest BCUT2D eigenvalue weighted by molar-refractivity contribution is -0.132. The molecule has 2 amide bonds. The summed E-state index contributed by atoms with van der Waals surface area (Å²) in [5, 5.41) is 12.9. The highest BCUT2D eigenvalue weighted by Crippen LogP contribution is 2.27. The molecule has 1 aliphatic carbocycles. The van der Waals surface area contributed by atoms with E-state index in [0.717, 1.165) is 0 Å². The van der Waals surface area contributed by atoms with E-state index in [1.54, 1.807) is 0 Å². The van der Waals surface area contributed by atoms with Crippen molar-refractivity contribution in [2.45, 2.75) is 70.4 Å². The molecule has 21 heavy (non-hydrogen) atoms. The summed E-state index contributed by atoms with van der Waals surface area (Å²) in [6, 6.07) is -0.227. The van der Waals surface area contributed by atoms with E-state index in [0.29, 0.717) is 38.3 Å². The Bertz CT molecular complexity index is 367. The molecule has 0 aromatic rings. The molecular weight excluding hydrogens is 268 g/mol. The molecule has 2 N–H and O–H groups in total. The zero-order valence-corrected chi connectivity index (χ0v) is 13.0. The molecule has 0 aromatic carbocycles. The van der Waals surface area contributed by atoms with Crippen LogP contribution in [0.2, 0.25) is 0 Å². The molecule has 0 bridgehead atoms. The van der Waals surface area contributed by atoms with E-state index in [1.165, 1.54) is 39.0 Å². The van der Waals surface area contributed by atoms with E-state index < -0.39 is 6.10 Å². The highest BCUT2D eigenvalue weighted by molar-refractivity contribution is 5.76. The quantitative estimate of drug-likeness (QED) is 0.828. The first kappa shape index (κ1) is 16.3. The van der Waals surface area contributed by atoms with Crippen LogP contribution in [0, 0.1) is 5.92 Å². The average Bonchev–Trinajstić information content (AvgIpc) is 2.63. The van der Waals surface area contributed by atoms with Crippen LogP contribution >= 0.6 is 0 Å². The lowest BCUT2D eigenvalue weighted by atomic mass is 9.86. The van der Waals surface area contributed by atoms with Gasteiger partial charge in [-0.05, 0) is 31.6 Å². The molecule has 2 atom stereocenters. The molecule has 1 saturated heterocycles. The fourth-order valence-electron chi connectivity index (χ4n) is 3.53. The van der Waals surface area contributed by atoms with Crippen molar-refractivity contribution >= 4 is 11.8 Å². The van der Waals surface area contributed by atoms with Gasteiger partial charge in [0, 0.05) is 26.4 Å². The number of nitrogens with zero attached hydrogens (tertiary/aromatic N) is 1. The Balaban J connectivity index is 1.83. The van der Waals surface area contributed by atoms with Crippen molar-refractivity contribution in [2.75, 3.05) is 13.1 Å². The fraction of sp³-hybridized carbons (Fsp3) is 0.875. The van der Waals surface area contributed by atoms with Gasteiger partial charge in [-0.3, -0.25) is 9.59 Å². The molecule has 1 heterocycles. The first-order chi connectivity index (χ1) is 10.1. The number of aliphatic hydroxyl groups is 1. The Kier molecular flexibility index (Phi) is 6.03. The molecule has 0 spiro atoms. The number of likely N-dealkylation sites (tertiary alicyclic amines) is 1. The Morgan fingerprint density at radius 2 is 1.76 bits per heavy atom. The number of hydrogen-bond donors (Lipinski definition) is 2. The summed E-state index contributed by atoms with van der Waals surface area (Å²) in [4.78, 5) is 25.4. The summed E-state index contributed by atoms with van der Waals surface area (Å²) in [6.07, 6.45) is 7.44. The fourth-order valence-corrected chi connectivity index (χ4v) is 3.53. The minimum Gasteiger partial charge on any atom is -0.391 e. The lowest BCUT2D eigenvalue weighted by Crippen LogP contribution is -2.42. The predicted octanol–water partition coefficient (Wildman–Crippen LogP) is 1.44. The predicted molar refractivity (Wildman–Crippen MR) is 80.6 cm³/mol. The van der Waals surface area contributed by atoms with Crippen molar-refractivity contribution < 1.29 is 14.7 Å². The van der Waals surface area contributed by atoms with Crippen LogP contribution in [-0.4, -0.2) is 47.1 Å². The normalized spacial score (nSPS) is 28.0.